The van der Waals surface area contributed by atoms with Gasteiger partial charge in [0.1, 0.15) is 5.75 Å². The standard InChI is InChI=1S/C32H28N2O.2C32H28N2/c1-33(28-21-23-32(35-2)24-22-28)27-17-13-25(14-18-27)26-15-19-31(20-16-26)34(29-9-5-3-6-10-29)30-11-7-4-8-12-30;1-25-10-9-15-32(24-25)33(2)28-20-16-26(17-21-28)27-18-22-31(23-19-27)34(29-11-5-3-6-12-29)30-13-7-4-8-14-30;1-25-13-19-28(20-14-25)33(2)29-21-15-26(16-22-29)27-17-23-32(24-18-27)34(30-9-5-3-6-10-30)31-11-7-4-8-12-31/h3-24H,1-2H3;2*3-24H,1-2H3. The van der Waals surface area contributed by atoms with Gasteiger partial charge in [0.15, 0.2) is 0 Å². The first-order valence-corrected chi connectivity index (χ1v) is 34.9. The predicted octanol–water partition coefficient (Wildman–Crippen LogP) is 26.4. The summed E-state index contributed by atoms with van der Waals surface area (Å²) in [6, 6.07) is 141. The third kappa shape index (κ3) is 17.0. The number of nitrogens with zero attached hydrogens (tertiary/aromatic N) is 6. The van der Waals surface area contributed by atoms with Crippen molar-refractivity contribution in [3.05, 3.63) is 412 Å². The van der Waals surface area contributed by atoms with E-state index in [-0.39, 0.29) is 0 Å². The van der Waals surface area contributed by atoms with E-state index >= 15 is 0 Å². The van der Waals surface area contributed by atoms with Gasteiger partial charge in [0.2, 0.25) is 0 Å². The highest BCUT2D eigenvalue weighted by Crippen LogP contribution is 2.40. The van der Waals surface area contributed by atoms with E-state index in [0.717, 1.165) is 68.3 Å². The molecule has 7 nitrogen and oxygen atoms in total. The van der Waals surface area contributed by atoms with Crippen LogP contribution in [0.4, 0.5) is 85.3 Å². The first-order valence-electron chi connectivity index (χ1n) is 34.9. The van der Waals surface area contributed by atoms with Crippen molar-refractivity contribution in [2.45, 2.75) is 13.8 Å². The van der Waals surface area contributed by atoms with Crippen LogP contribution in [-0.4, -0.2) is 28.3 Å². The van der Waals surface area contributed by atoms with Crippen molar-refractivity contribution in [1.82, 2.24) is 0 Å². The second-order valence-corrected chi connectivity index (χ2v) is 25.4. The molecule has 0 spiro atoms. The molecule has 0 saturated heterocycles. The Labute approximate surface area is 608 Å². The quantitative estimate of drug-likeness (QED) is 0.0797. The zero-order valence-electron chi connectivity index (χ0n) is 59.2. The highest BCUT2D eigenvalue weighted by atomic mass is 16.5. The molecule has 0 aliphatic carbocycles. The molecule has 0 amide bonds. The number of para-hydroxylation sites is 6. The molecule has 0 heterocycles. The van der Waals surface area contributed by atoms with E-state index in [1.807, 2.05) is 24.3 Å². The second kappa shape index (κ2) is 33.2. The molecule has 0 atom stereocenters. The normalized spacial score (nSPS) is 10.6. The van der Waals surface area contributed by atoms with Crippen molar-refractivity contribution in [1.29, 1.82) is 0 Å². The van der Waals surface area contributed by atoms with E-state index in [4.69, 9.17) is 4.74 Å². The van der Waals surface area contributed by atoms with Gasteiger partial charge in [0.25, 0.3) is 0 Å². The molecule has 0 N–H and O–H groups in total. The Hall–Kier alpha value is -13.1. The summed E-state index contributed by atoms with van der Waals surface area (Å²) in [6.45, 7) is 4.24. The summed E-state index contributed by atoms with van der Waals surface area (Å²) in [4.78, 5) is 13.4. The molecule has 0 saturated carbocycles. The minimum atomic E-state index is 0.860. The number of methoxy groups -OCH3 is 1. The minimum Gasteiger partial charge on any atom is -0.497 e. The highest BCUT2D eigenvalue weighted by molar-refractivity contribution is 5.83. The van der Waals surface area contributed by atoms with Gasteiger partial charge in [-0.2, -0.15) is 0 Å². The van der Waals surface area contributed by atoms with E-state index in [9.17, 15) is 0 Å². The summed E-state index contributed by atoms with van der Waals surface area (Å²) in [7, 11) is 7.98. The van der Waals surface area contributed by atoms with Gasteiger partial charge in [-0.25, -0.2) is 0 Å². The van der Waals surface area contributed by atoms with Gasteiger partial charge < -0.3 is 34.1 Å². The number of ether oxygens (including phenoxy) is 1. The molecular weight excluding hydrogens is 1250 g/mol. The van der Waals surface area contributed by atoms with E-state index < -0.39 is 0 Å². The number of rotatable bonds is 19. The summed E-state index contributed by atoms with van der Waals surface area (Å²) in [5, 5.41) is 0. The van der Waals surface area contributed by atoms with Crippen LogP contribution in [0.1, 0.15) is 11.1 Å². The average Bonchev–Trinajstić information content (AvgIpc) is 0.822. The Morgan fingerprint density at radius 1 is 0.175 bits per heavy atom. The third-order valence-corrected chi connectivity index (χ3v) is 18.5. The third-order valence-electron chi connectivity index (χ3n) is 18.5. The fraction of sp³-hybridized carbons (Fsp3) is 0.0625. The van der Waals surface area contributed by atoms with Crippen LogP contribution in [0.2, 0.25) is 0 Å². The van der Waals surface area contributed by atoms with Crippen molar-refractivity contribution in [2.75, 3.05) is 57.7 Å². The van der Waals surface area contributed by atoms with Crippen molar-refractivity contribution >= 4 is 85.3 Å². The van der Waals surface area contributed by atoms with Crippen molar-refractivity contribution < 1.29 is 4.74 Å². The summed E-state index contributed by atoms with van der Waals surface area (Å²) in [5.41, 5.74) is 27.0. The first kappa shape index (κ1) is 68.4. The van der Waals surface area contributed by atoms with Gasteiger partial charge in [-0.05, 0) is 247 Å². The van der Waals surface area contributed by atoms with Crippen LogP contribution in [0.3, 0.4) is 0 Å². The molecule has 504 valence electrons. The monoisotopic (exact) mass is 1340 g/mol. The molecule has 0 unspecified atom stereocenters. The molecule has 15 aromatic carbocycles. The van der Waals surface area contributed by atoms with Crippen LogP contribution in [0, 0.1) is 13.8 Å². The Balaban J connectivity index is 0.000000138. The Morgan fingerprint density at radius 3 is 0.602 bits per heavy atom. The van der Waals surface area contributed by atoms with Crippen molar-refractivity contribution in [2.24, 2.45) is 0 Å². The van der Waals surface area contributed by atoms with Crippen molar-refractivity contribution in [3.8, 4) is 39.1 Å². The molecule has 0 aliphatic rings. The van der Waals surface area contributed by atoms with Gasteiger partial charge in [-0.15, -0.1) is 0 Å². The van der Waals surface area contributed by atoms with E-state index in [0.29, 0.717) is 0 Å². The molecule has 15 rings (SSSR count). The van der Waals surface area contributed by atoms with Crippen LogP contribution in [-0.2, 0) is 0 Å². The summed E-state index contributed by atoms with van der Waals surface area (Å²) in [6.07, 6.45) is 0. The van der Waals surface area contributed by atoms with Gasteiger partial charge >= 0.3 is 0 Å². The lowest BCUT2D eigenvalue weighted by Gasteiger charge is -2.25. The second-order valence-electron chi connectivity index (χ2n) is 25.4. The number of benzene rings is 15. The lowest BCUT2D eigenvalue weighted by molar-refractivity contribution is 0.415. The maximum absolute atomic E-state index is 5.27. The summed E-state index contributed by atoms with van der Waals surface area (Å²) in [5.74, 6) is 0.860. The number of hydrogen-bond acceptors (Lipinski definition) is 7. The minimum absolute atomic E-state index is 0.860. The van der Waals surface area contributed by atoms with Gasteiger partial charge in [-0.3, -0.25) is 0 Å². The molecule has 0 aromatic heterocycles. The molecular formula is C96H84N6O. The average molecular weight is 1340 g/mol. The molecule has 0 fully saturated rings. The maximum atomic E-state index is 5.27. The Kier molecular flexibility index (Phi) is 22.0. The SMILES string of the molecule is COc1ccc(N(C)c2ccc(-c3ccc(N(c4ccccc4)c4ccccc4)cc3)cc2)cc1.Cc1ccc(N(C)c2ccc(-c3ccc(N(c4ccccc4)c4ccccc4)cc3)cc2)cc1.Cc1cccc(N(C)c2ccc(-c3ccc(N(c4ccccc4)c4ccccc4)cc3)cc2)c1. The smallest absolute Gasteiger partial charge is 0.119 e. The largest absolute Gasteiger partial charge is 0.497 e. The van der Waals surface area contributed by atoms with Crippen molar-refractivity contribution in [3.63, 3.8) is 0 Å². The lowest BCUT2D eigenvalue weighted by Crippen LogP contribution is -2.09. The molecule has 7 heteroatoms. The van der Waals surface area contributed by atoms with Crippen LogP contribution in [0.25, 0.3) is 33.4 Å². The number of anilines is 15. The van der Waals surface area contributed by atoms with E-state index in [1.165, 1.54) is 67.3 Å². The highest BCUT2D eigenvalue weighted by Gasteiger charge is 2.17. The predicted molar refractivity (Wildman–Crippen MR) is 439 cm³/mol. The molecule has 0 bridgehead atoms. The van der Waals surface area contributed by atoms with Gasteiger partial charge in [0, 0.05) is 106 Å². The fourth-order valence-electron chi connectivity index (χ4n) is 12.7. The molecule has 0 aliphatic heterocycles. The maximum Gasteiger partial charge on any atom is 0.119 e. The Morgan fingerprint density at radius 2 is 0.369 bits per heavy atom. The topological polar surface area (TPSA) is 28.7 Å². The molecule has 0 radical (unpaired) electrons. The lowest BCUT2D eigenvalue weighted by atomic mass is 10.0. The van der Waals surface area contributed by atoms with E-state index in [2.05, 4.69) is 441 Å². The van der Waals surface area contributed by atoms with Gasteiger partial charge in [-0.1, -0.05) is 212 Å². The summed E-state index contributed by atoms with van der Waals surface area (Å²) < 4.78 is 5.27. The summed E-state index contributed by atoms with van der Waals surface area (Å²) >= 11 is 0. The van der Waals surface area contributed by atoms with Crippen LogP contribution >= 0.6 is 0 Å². The zero-order chi connectivity index (χ0) is 70.7. The molecule has 15 aromatic rings. The van der Waals surface area contributed by atoms with E-state index in [1.54, 1.807) is 7.11 Å². The number of hydrogen-bond donors (Lipinski definition) is 0. The van der Waals surface area contributed by atoms with Crippen LogP contribution in [0.15, 0.2) is 400 Å². The fourth-order valence-corrected chi connectivity index (χ4v) is 12.7. The Bertz CT molecular complexity index is 4940. The van der Waals surface area contributed by atoms with Crippen LogP contribution in [0.5, 0.6) is 5.75 Å². The molecule has 103 heavy (non-hydrogen) atoms. The van der Waals surface area contributed by atoms with Crippen LogP contribution < -0.4 is 34.1 Å². The first-order chi connectivity index (χ1) is 50.6. The van der Waals surface area contributed by atoms with Gasteiger partial charge in [0.05, 0.1) is 7.11 Å². The number of aryl methyl sites for hydroxylation is 2. The zero-order valence-corrected chi connectivity index (χ0v) is 59.2.